The number of rotatable bonds is 11. The molecule has 150 valence electrons. The molecule has 2 aromatic rings. The van der Waals surface area contributed by atoms with Crippen LogP contribution in [0.5, 0.6) is 0 Å². The van der Waals surface area contributed by atoms with E-state index in [4.69, 9.17) is 9.15 Å². The molecule has 0 radical (unpaired) electrons. The highest BCUT2D eigenvalue weighted by Crippen LogP contribution is 2.27. The average molecular weight is 406 g/mol. The molecule has 0 atom stereocenters. The molecule has 0 aliphatic rings. The number of ether oxygens (including phenoxy) is 1. The number of aromatic nitrogens is 3. The van der Waals surface area contributed by atoms with Crippen molar-refractivity contribution in [3.8, 4) is 11.5 Å². The topological polar surface area (TPSA) is 116 Å². The van der Waals surface area contributed by atoms with Crippen LogP contribution in [0.2, 0.25) is 0 Å². The minimum absolute atomic E-state index is 0.0661. The van der Waals surface area contributed by atoms with Crippen LogP contribution in [0.1, 0.15) is 19.8 Å². The van der Waals surface area contributed by atoms with Gasteiger partial charge in [0.15, 0.2) is 0 Å². The Morgan fingerprint density at radius 2 is 2.29 bits per heavy atom. The van der Waals surface area contributed by atoms with Gasteiger partial charge in [-0.25, -0.2) is 9.78 Å². The summed E-state index contributed by atoms with van der Waals surface area (Å²) in [6.07, 6.45) is 5.02. The summed E-state index contributed by atoms with van der Waals surface area (Å²) >= 11 is 1.42. The monoisotopic (exact) mass is 406 g/mol. The molecule has 28 heavy (non-hydrogen) atoms. The second-order valence-electron chi connectivity index (χ2n) is 5.64. The first kappa shape index (κ1) is 21.4. The molecule has 0 saturated carbocycles. The van der Waals surface area contributed by atoms with Gasteiger partial charge in [-0.05, 0) is 18.6 Å². The van der Waals surface area contributed by atoms with E-state index in [-0.39, 0.29) is 19.0 Å². The Kier molecular flexibility index (Phi) is 8.47. The van der Waals surface area contributed by atoms with Crippen LogP contribution in [0.15, 0.2) is 45.2 Å². The largest absolute Gasteiger partial charge is 0.464 e. The molecular weight excluding hydrogens is 384 g/mol. The summed E-state index contributed by atoms with van der Waals surface area (Å²) < 4.78 is 11.0. The molecule has 0 unspecified atom stereocenters. The number of amides is 1. The lowest BCUT2D eigenvalue weighted by atomic mass is 10.3. The summed E-state index contributed by atoms with van der Waals surface area (Å²) in [4.78, 5) is 39.7. The lowest BCUT2D eigenvalue weighted by Gasteiger charge is -2.05. The lowest BCUT2D eigenvalue weighted by Crippen LogP contribution is -2.35. The number of carbonyl (C=O) groups excluding carboxylic acids is 2. The molecule has 0 aliphatic heterocycles. The predicted molar refractivity (Wildman–Crippen MR) is 104 cm³/mol. The van der Waals surface area contributed by atoms with Gasteiger partial charge in [-0.1, -0.05) is 19.4 Å². The van der Waals surface area contributed by atoms with E-state index in [0.29, 0.717) is 22.9 Å². The third kappa shape index (κ3) is 6.38. The van der Waals surface area contributed by atoms with Crippen molar-refractivity contribution < 1.29 is 18.7 Å². The molecule has 0 aromatic carbocycles. The first-order valence-electron chi connectivity index (χ1n) is 8.74. The van der Waals surface area contributed by atoms with E-state index in [1.165, 1.54) is 11.8 Å². The molecule has 0 bridgehead atoms. The quantitative estimate of drug-likeness (QED) is 0.259. The average Bonchev–Trinajstić information content (AvgIpc) is 3.05. The number of esters is 1. The van der Waals surface area contributed by atoms with Crippen molar-refractivity contribution in [2.45, 2.75) is 31.3 Å². The Labute approximate surface area is 166 Å². The number of hydrogen-bond donors (Lipinski definition) is 1. The Bertz CT molecular complexity index is 877. The summed E-state index contributed by atoms with van der Waals surface area (Å²) in [5, 5.41) is 7.08. The van der Waals surface area contributed by atoms with Crippen LogP contribution in [-0.4, -0.2) is 45.5 Å². The van der Waals surface area contributed by atoms with E-state index in [0.717, 1.165) is 17.5 Å². The third-order valence-corrected chi connectivity index (χ3v) is 4.43. The van der Waals surface area contributed by atoms with Gasteiger partial charge in [0.25, 0.3) is 5.89 Å². The summed E-state index contributed by atoms with van der Waals surface area (Å²) in [5.41, 5.74) is 0.546. The molecule has 2 aromatic heterocycles. The minimum atomic E-state index is -0.779. The highest BCUT2D eigenvalue weighted by molar-refractivity contribution is 7.99. The van der Waals surface area contributed by atoms with E-state index in [1.54, 1.807) is 24.4 Å². The number of hydrogen-bond acceptors (Lipinski definition) is 8. The predicted octanol–water partition coefficient (Wildman–Crippen LogP) is 1.64. The third-order valence-electron chi connectivity index (χ3n) is 3.43. The molecule has 0 aliphatic carbocycles. The van der Waals surface area contributed by atoms with Gasteiger partial charge >= 0.3 is 11.7 Å². The SMILES string of the molecule is C=CCSc1ncccc1-c1nn(CC(=O)NCC(=O)OCCCC)c(=O)o1. The first-order chi connectivity index (χ1) is 13.5. The fraction of sp³-hybridized carbons (Fsp3) is 0.389. The summed E-state index contributed by atoms with van der Waals surface area (Å²) in [5.74, 6) is -1.17. The van der Waals surface area contributed by atoms with Crippen LogP contribution in [-0.2, 0) is 20.9 Å². The van der Waals surface area contributed by atoms with Crippen molar-refractivity contribution >= 4 is 23.6 Å². The molecule has 9 nitrogen and oxygen atoms in total. The second-order valence-corrected chi connectivity index (χ2v) is 6.65. The van der Waals surface area contributed by atoms with E-state index in [2.05, 4.69) is 22.0 Å². The standard InChI is InChI=1S/C18H22N4O5S/c1-3-5-9-26-15(24)11-20-14(23)12-22-18(25)27-16(21-22)13-7-6-8-19-17(13)28-10-4-2/h4,6-8H,2-3,5,9-12H2,1H3,(H,20,23). The van der Waals surface area contributed by atoms with Gasteiger partial charge in [0.1, 0.15) is 18.1 Å². The molecule has 2 rings (SSSR count). The molecule has 0 saturated heterocycles. The zero-order valence-corrected chi connectivity index (χ0v) is 16.4. The Balaban J connectivity index is 1.99. The molecular formula is C18H22N4O5S. The molecule has 0 fully saturated rings. The lowest BCUT2D eigenvalue weighted by molar-refractivity contribution is -0.144. The van der Waals surface area contributed by atoms with Crippen molar-refractivity contribution in [1.29, 1.82) is 0 Å². The van der Waals surface area contributed by atoms with Gasteiger partial charge in [0.2, 0.25) is 5.91 Å². The van der Waals surface area contributed by atoms with Crippen molar-refractivity contribution in [2.75, 3.05) is 18.9 Å². The van der Waals surface area contributed by atoms with Gasteiger partial charge in [0.05, 0.1) is 12.2 Å². The highest BCUT2D eigenvalue weighted by atomic mass is 32.2. The van der Waals surface area contributed by atoms with E-state index in [1.807, 2.05) is 6.92 Å². The van der Waals surface area contributed by atoms with E-state index in [9.17, 15) is 14.4 Å². The Hall–Kier alpha value is -2.88. The summed E-state index contributed by atoms with van der Waals surface area (Å²) in [6, 6.07) is 3.42. The fourth-order valence-corrected chi connectivity index (χ4v) is 2.79. The second kappa shape index (κ2) is 11.1. The zero-order valence-electron chi connectivity index (χ0n) is 15.6. The van der Waals surface area contributed by atoms with Crippen LogP contribution >= 0.6 is 11.8 Å². The van der Waals surface area contributed by atoms with Gasteiger partial charge in [0, 0.05) is 11.9 Å². The summed E-state index contributed by atoms with van der Waals surface area (Å²) in [6.45, 7) is 5.31. The van der Waals surface area contributed by atoms with E-state index >= 15 is 0 Å². The van der Waals surface area contributed by atoms with Gasteiger partial charge < -0.3 is 14.5 Å². The number of carbonyl (C=O) groups is 2. The van der Waals surface area contributed by atoms with Gasteiger partial charge in [-0.2, -0.15) is 4.68 Å². The van der Waals surface area contributed by atoms with Crippen molar-refractivity contribution in [3.63, 3.8) is 0 Å². The highest BCUT2D eigenvalue weighted by Gasteiger charge is 2.17. The van der Waals surface area contributed by atoms with Gasteiger partial charge in [-0.3, -0.25) is 9.59 Å². The normalized spacial score (nSPS) is 10.5. The number of nitrogens with one attached hydrogen (secondary N) is 1. The maximum Gasteiger partial charge on any atom is 0.437 e. The Morgan fingerprint density at radius 1 is 1.46 bits per heavy atom. The number of nitrogens with zero attached hydrogens (tertiary/aromatic N) is 3. The van der Waals surface area contributed by atoms with Crippen LogP contribution in [0.4, 0.5) is 0 Å². The van der Waals surface area contributed by atoms with Crippen molar-refractivity contribution in [1.82, 2.24) is 20.1 Å². The maximum atomic E-state index is 12.0. The maximum absolute atomic E-state index is 12.0. The van der Waals surface area contributed by atoms with Crippen molar-refractivity contribution in [3.05, 3.63) is 41.5 Å². The van der Waals surface area contributed by atoms with Crippen molar-refractivity contribution in [2.24, 2.45) is 0 Å². The molecule has 0 spiro atoms. The Morgan fingerprint density at radius 3 is 3.04 bits per heavy atom. The van der Waals surface area contributed by atoms with Crippen LogP contribution < -0.4 is 11.1 Å². The van der Waals surface area contributed by atoms with Crippen LogP contribution in [0.25, 0.3) is 11.5 Å². The number of thioether (sulfide) groups is 1. The molecule has 2 heterocycles. The fourth-order valence-electron chi connectivity index (χ4n) is 2.07. The number of pyridine rings is 1. The summed E-state index contributed by atoms with van der Waals surface area (Å²) in [7, 11) is 0. The number of unbranched alkanes of at least 4 members (excludes halogenated alkanes) is 1. The molecule has 1 amide bonds. The van der Waals surface area contributed by atoms with Crippen LogP contribution in [0.3, 0.4) is 0 Å². The van der Waals surface area contributed by atoms with E-state index < -0.39 is 17.6 Å². The van der Waals surface area contributed by atoms with Gasteiger partial charge in [-0.15, -0.1) is 23.4 Å². The first-order valence-corrected chi connectivity index (χ1v) is 9.73. The molecule has 10 heteroatoms. The minimum Gasteiger partial charge on any atom is -0.464 e. The smallest absolute Gasteiger partial charge is 0.437 e. The van der Waals surface area contributed by atoms with Crippen LogP contribution in [0, 0.1) is 0 Å². The zero-order chi connectivity index (χ0) is 20.4. The molecule has 1 N–H and O–H groups in total.